The molecule has 0 spiro atoms. The number of nitro groups is 1. The summed E-state index contributed by atoms with van der Waals surface area (Å²) < 4.78 is 198. The molecule has 110 heavy (non-hydrogen) atoms. The Morgan fingerprint density at radius 1 is 0.618 bits per heavy atom. The molecule has 7 N–H and O–H groups in total. The van der Waals surface area contributed by atoms with Crippen LogP contribution in [0, 0.1) is 42.2 Å². The molecule has 51 heteroatoms. The highest BCUT2D eigenvalue weighted by Crippen LogP contribution is 2.46. The number of nitrogens with zero attached hydrogens (tertiary/aromatic N) is 15. The molecule has 0 aliphatic heterocycles. The summed E-state index contributed by atoms with van der Waals surface area (Å²) in [5, 5.41) is 76.3. The van der Waals surface area contributed by atoms with Crippen molar-refractivity contribution in [3.8, 4) is 23.4 Å². The fourth-order valence-corrected chi connectivity index (χ4v) is 14.3. The number of nitriles is 1. The van der Waals surface area contributed by atoms with E-state index in [0.29, 0.717) is 44.7 Å². The number of aromatic hydroxyl groups is 1. The van der Waals surface area contributed by atoms with Gasteiger partial charge in [0.05, 0.1) is 80.4 Å². The second kappa shape index (κ2) is 38.6. The Hall–Kier alpha value is -9.92. The summed E-state index contributed by atoms with van der Waals surface area (Å²) in [6.07, 6.45) is 1.34. The Kier molecular flexibility index (Phi) is 30.7. The molecule has 0 aliphatic carbocycles. The molecule has 582 valence electrons. The third-order valence-corrected chi connectivity index (χ3v) is 20.8. The van der Waals surface area contributed by atoms with Gasteiger partial charge in [-0.15, -0.1) is 79.5 Å². The van der Waals surface area contributed by atoms with E-state index in [4.69, 9.17) is 57.9 Å². The van der Waals surface area contributed by atoms with Crippen LogP contribution in [0.3, 0.4) is 0 Å². The number of anilines is 4. The number of pyridine rings is 1. The van der Waals surface area contributed by atoms with Gasteiger partial charge >= 0.3 is 21.2 Å². The van der Waals surface area contributed by atoms with Gasteiger partial charge in [0.15, 0.2) is 16.5 Å². The molecule has 0 atom stereocenters. The van der Waals surface area contributed by atoms with Crippen molar-refractivity contribution >= 4 is 211 Å². The van der Waals surface area contributed by atoms with Crippen molar-refractivity contribution in [2.75, 3.05) is 59.4 Å². The number of fused-ring (bicyclic) bond motifs is 3. The summed E-state index contributed by atoms with van der Waals surface area (Å²) in [5.74, 6) is -1.97. The van der Waals surface area contributed by atoms with Crippen LogP contribution in [0.2, 0.25) is 10.0 Å². The minimum Gasteiger partial charge on any atom is -0.497 e. The minimum atomic E-state index is -5.08. The second-order valence-corrected chi connectivity index (χ2v) is 32.7. The largest absolute Gasteiger partial charge is 0.497 e. The minimum absolute atomic E-state index is 0.0103. The molecule has 0 aliphatic rings. The fraction of sp³-hybridized carbons (Fsp3) is 0.237. The van der Waals surface area contributed by atoms with Crippen LogP contribution >= 0.6 is 58.5 Å². The molecule has 0 saturated heterocycles. The lowest BCUT2D eigenvalue weighted by atomic mass is 10.1. The first kappa shape index (κ1) is 87.3. The maximum atomic E-state index is 12.4. The first-order valence-corrected chi connectivity index (χ1v) is 42.4. The third-order valence-electron chi connectivity index (χ3n) is 14.1. The molecule has 3 heterocycles. The first-order valence-electron chi connectivity index (χ1n) is 30.2. The molecule has 0 bridgehead atoms. The summed E-state index contributed by atoms with van der Waals surface area (Å²) in [5.41, 5.74) is 1.50. The lowest BCUT2D eigenvalue weighted by Crippen LogP contribution is -2.08. The number of rotatable bonds is 31. The monoisotopic (exact) mass is 1730 g/mol. The van der Waals surface area contributed by atoms with Crippen molar-refractivity contribution in [1.82, 2.24) is 24.3 Å². The summed E-state index contributed by atoms with van der Waals surface area (Å²) in [7, 11) is -23.1. The van der Waals surface area contributed by atoms with Crippen molar-refractivity contribution in [2.45, 2.75) is 59.9 Å². The van der Waals surface area contributed by atoms with Gasteiger partial charge in [-0.2, -0.15) is 64.1 Å². The van der Waals surface area contributed by atoms with Crippen molar-refractivity contribution in [3.63, 3.8) is 0 Å². The number of hydrogen-bond donors (Lipinski definition) is 7. The third kappa shape index (κ3) is 25.9. The van der Waals surface area contributed by atoms with Gasteiger partial charge in [0, 0.05) is 44.6 Å². The van der Waals surface area contributed by atoms with Gasteiger partial charge in [0.25, 0.3) is 46.2 Å². The maximum Gasteiger partial charge on any atom is 0.425 e. The van der Waals surface area contributed by atoms with Gasteiger partial charge in [0.2, 0.25) is 17.8 Å². The molecule has 9 rings (SSSR count). The number of non-ortho nitro benzene ring substituents is 1. The molecule has 0 saturated carbocycles. The number of azo groups is 4. The zero-order valence-electron chi connectivity index (χ0n) is 56.7. The van der Waals surface area contributed by atoms with Crippen molar-refractivity contribution < 1.29 is 96.6 Å². The molecule has 40 nitrogen and oxygen atoms in total. The zero-order valence-corrected chi connectivity index (χ0v) is 65.6. The van der Waals surface area contributed by atoms with Gasteiger partial charge in [-0.1, -0.05) is 35.0 Å². The molecule has 0 unspecified atom stereocenters. The van der Waals surface area contributed by atoms with E-state index in [1.807, 2.05) is 0 Å². The number of thioether (sulfide) groups is 3. The average molecular weight is 1730 g/mol. The van der Waals surface area contributed by atoms with Crippen LogP contribution in [0.1, 0.15) is 41.5 Å². The first-order chi connectivity index (χ1) is 51.6. The van der Waals surface area contributed by atoms with E-state index in [-0.39, 0.29) is 137 Å². The van der Waals surface area contributed by atoms with Crippen LogP contribution in [-0.2, 0) is 61.7 Å². The summed E-state index contributed by atoms with van der Waals surface area (Å²) in [6.45, 7) is 4.45. The van der Waals surface area contributed by atoms with Crippen molar-refractivity contribution in [3.05, 3.63) is 133 Å². The molecule has 0 amide bonds. The van der Waals surface area contributed by atoms with Crippen LogP contribution < -0.4 is 20.1 Å². The van der Waals surface area contributed by atoms with Crippen LogP contribution in [0.25, 0.3) is 16.7 Å². The molecule has 0 radical (unpaired) electrons. The van der Waals surface area contributed by atoms with Crippen molar-refractivity contribution in [2.24, 2.45) is 40.9 Å². The maximum absolute atomic E-state index is 12.4. The van der Waals surface area contributed by atoms with Gasteiger partial charge in [-0.3, -0.25) is 32.7 Å². The molecular weight excluding hydrogens is 1670 g/mol. The normalized spacial score (nSPS) is 11.9. The van der Waals surface area contributed by atoms with Crippen LogP contribution in [0.4, 0.5) is 74.5 Å². The van der Waals surface area contributed by atoms with Crippen LogP contribution in [-0.4, -0.2) is 160 Å². The van der Waals surface area contributed by atoms with E-state index in [1.165, 1.54) is 47.9 Å². The number of aryl methyl sites for hydroxylation is 2. The summed E-state index contributed by atoms with van der Waals surface area (Å²) >= 11 is 16.1. The fourth-order valence-electron chi connectivity index (χ4n) is 9.24. The topological polar surface area (TPSA) is 604 Å². The average Bonchev–Trinajstić information content (AvgIpc) is 1.58. The zero-order chi connectivity index (χ0) is 81.2. The smallest absolute Gasteiger partial charge is 0.425 e. The van der Waals surface area contributed by atoms with Crippen molar-refractivity contribution in [1.29, 1.82) is 5.26 Å². The quantitative estimate of drug-likeness (QED) is 0.00530. The summed E-state index contributed by atoms with van der Waals surface area (Å²) in [4.78, 5) is 28.5. The molecule has 6 aromatic carbocycles. The number of methoxy groups -OCH3 is 1. The van der Waals surface area contributed by atoms with Gasteiger partial charge in [0.1, 0.15) is 50.8 Å². The predicted molar refractivity (Wildman–Crippen MR) is 403 cm³/mol. The number of aromatic nitrogens is 5. The molecule has 3 aromatic heterocycles. The van der Waals surface area contributed by atoms with E-state index in [9.17, 15) is 72.4 Å². The number of nitrogens with one attached hydrogen (secondary N) is 2. The SMILES string of the molecule is COc1ccc2c(c1)nc1c(C#N)c(C)c(N=Nc3cc(C)c(N=Nc4cc(Nc5nc(Nc6cc(Cl)ccc6Cl)nc(SC)n5)c(N=Nc5cc(C)c(N=Nc6ccc([N+](=O)[O-])cc6S(=O)(=O)O)cc5SCCCS(=O)(=O)O)cc4SCCCS(=O)(=O)O)cc3OCCCS(=O)(=O)O)c(O)n12.O=S(=O)=O.O=S(=O)=O. The van der Waals surface area contributed by atoms with Crippen LogP contribution in [0.15, 0.2) is 152 Å². The molecular formula is C59H55Cl2N17O23S9. The Bertz CT molecular complexity index is 5950. The Balaban J connectivity index is 0.00000200. The Morgan fingerprint density at radius 3 is 1.69 bits per heavy atom. The number of hydrogen-bond acceptors (Lipinski definition) is 37. The second-order valence-electron chi connectivity index (χ2n) is 21.9. The van der Waals surface area contributed by atoms with Gasteiger partial charge in [-0.25, -0.2) is 4.98 Å². The van der Waals surface area contributed by atoms with Gasteiger partial charge in [-0.05, 0) is 136 Å². The van der Waals surface area contributed by atoms with E-state index < -0.39 is 106 Å². The van der Waals surface area contributed by atoms with E-state index in [2.05, 4.69) is 77.6 Å². The lowest BCUT2D eigenvalue weighted by molar-refractivity contribution is -0.385. The number of ether oxygens (including phenoxy) is 2. The van der Waals surface area contributed by atoms with Crippen LogP contribution in [0.5, 0.6) is 17.4 Å². The predicted octanol–water partition coefficient (Wildman–Crippen LogP) is 13.9. The van der Waals surface area contributed by atoms with Gasteiger partial charge < -0.3 is 25.2 Å². The number of benzene rings is 6. The molecule has 9 aromatic rings. The number of nitro benzene ring substituents is 1. The Labute approximate surface area is 649 Å². The van der Waals surface area contributed by atoms with E-state index in [0.717, 1.165) is 47.4 Å². The highest BCUT2D eigenvalue weighted by molar-refractivity contribution is 7.99. The lowest BCUT2D eigenvalue weighted by Gasteiger charge is -2.14. The standard InChI is InChI=1S/C59H55Cl2N17O17S7.2O3S/c1-31-21-46(73-76-54-33(3)37(30-62)55-63-45-25-36(94-4)11-14-49(45)77(55)56(54)79)50(95-15-6-18-99(82,83)84)27-40(31)70-75-48-26-43(65-58-66-57(67-59(68-58)96-5)64-42-23-34(60)9-12-38(42)61)44(29-52(48)98-17-8-20-101(88,89)90)72-74-47-22-32(2)41(28-51(47)97-16-7-19-100(85,86)87)71-69-39-13-10-35(78(80)81)24-53(39)102(91,92)93;2*1-4(2)3/h9-14,21-29,79H,6-8,15-20H2,1-5H3,(H,82,83,84)(H,85,86,87)(H,88,89,90)(H,91,92,93)(H2,64,65,66,67,68);;. The number of halogens is 2. The summed E-state index contributed by atoms with van der Waals surface area (Å²) in [6, 6.07) is 23.0. The Morgan fingerprint density at radius 2 is 1.14 bits per heavy atom. The van der Waals surface area contributed by atoms with E-state index >= 15 is 0 Å². The highest BCUT2D eigenvalue weighted by Gasteiger charge is 2.25. The highest BCUT2D eigenvalue weighted by atomic mass is 35.5. The number of imidazole rings is 1. The van der Waals surface area contributed by atoms with E-state index in [1.54, 1.807) is 63.4 Å². The molecule has 0 fully saturated rings.